The Bertz CT molecular complexity index is 919. The zero-order chi connectivity index (χ0) is 17.4. The van der Waals surface area contributed by atoms with Gasteiger partial charge >= 0.3 is 0 Å². The second-order valence-corrected chi connectivity index (χ2v) is 6.62. The average molecular weight is 335 g/mol. The van der Waals surface area contributed by atoms with Gasteiger partial charge in [0.25, 0.3) is 5.91 Å². The van der Waals surface area contributed by atoms with Crippen LogP contribution in [0.4, 0.5) is 0 Å². The molecule has 1 atom stereocenters. The molecule has 128 valence electrons. The molecule has 2 aromatic heterocycles. The number of rotatable bonds is 3. The summed E-state index contributed by atoms with van der Waals surface area (Å²) in [6, 6.07) is 7.71. The molecule has 3 heterocycles. The molecule has 3 aromatic rings. The van der Waals surface area contributed by atoms with E-state index in [-0.39, 0.29) is 11.9 Å². The lowest BCUT2D eigenvalue weighted by molar-refractivity contribution is 0.0722. The summed E-state index contributed by atoms with van der Waals surface area (Å²) in [5.41, 5.74) is 4.10. The van der Waals surface area contributed by atoms with Crippen molar-refractivity contribution in [2.75, 3.05) is 6.54 Å². The van der Waals surface area contributed by atoms with Gasteiger partial charge in [-0.1, -0.05) is 0 Å². The molecule has 0 radical (unpaired) electrons. The lowest BCUT2D eigenvalue weighted by Crippen LogP contribution is -2.38. The molecular formula is C19H21N5O. The van der Waals surface area contributed by atoms with Crippen molar-refractivity contribution in [3.05, 3.63) is 53.6 Å². The van der Waals surface area contributed by atoms with Gasteiger partial charge in [0.1, 0.15) is 0 Å². The molecule has 0 bridgehead atoms. The summed E-state index contributed by atoms with van der Waals surface area (Å²) in [6.45, 7) is 5.42. The Hall–Kier alpha value is -2.76. The number of amides is 1. The largest absolute Gasteiger partial charge is 0.334 e. The molecule has 1 aliphatic rings. The van der Waals surface area contributed by atoms with Crippen molar-refractivity contribution in [1.82, 2.24) is 24.6 Å². The fourth-order valence-electron chi connectivity index (χ4n) is 3.45. The Labute approximate surface area is 146 Å². The topological polar surface area (TPSA) is 63.9 Å². The third-order valence-electron chi connectivity index (χ3n) is 4.92. The summed E-state index contributed by atoms with van der Waals surface area (Å²) >= 11 is 0. The van der Waals surface area contributed by atoms with Crippen molar-refractivity contribution in [2.45, 2.75) is 39.3 Å². The summed E-state index contributed by atoms with van der Waals surface area (Å²) in [5, 5.41) is 4.27. The monoisotopic (exact) mass is 335 g/mol. The van der Waals surface area contributed by atoms with Gasteiger partial charge in [0.05, 0.1) is 35.0 Å². The van der Waals surface area contributed by atoms with Crippen LogP contribution in [0, 0.1) is 13.8 Å². The van der Waals surface area contributed by atoms with Crippen molar-refractivity contribution in [2.24, 2.45) is 0 Å². The molecule has 4 rings (SSSR count). The SMILES string of the molecule is Cc1nc2ccc(C(=O)N3CCC[C@H]3Cn3cccn3)cc2nc1C. The van der Waals surface area contributed by atoms with E-state index in [0.717, 1.165) is 48.4 Å². The van der Waals surface area contributed by atoms with E-state index in [2.05, 4.69) is 15.1 Å². The first kappa shape index (κ1) is 15.7. The average Bonchev–Trinajstić information content (AvgIpc) is 3.27. The third-order valence-corrected chi connectivity index (χ3v) is 4.92. The summed E-state index contributed by atoms with van der Waals surface area (Å²) in [4.78, 5) is 24.1. The Morgan fingerprint density at radius 1 is 1.20 bits per heavy atom. The number of fused-ring (bicyclic) bond motifs is 1. The predicted octanol–water partition coefficient (Wildman–Crippen LogP) is 2.75. The van der Waals surface area contributed by atoms with E-state index >= 15 is 0 Å². The van der Waals surface area contributed by atoms with Crippen LogP contribution in [0.3, 0.4) is 0 Å². The van der Waals surface area contributed by atoms with Crippen LogP contribution >= 0.6 is 0 Å². The maximum atomic E-state index is 13.0. The van der Waals surface area contributed by atoms with Crippen LogP contribution < -0.4 is 0 Å². The number of carbonyl (C=O) groups excluding carboxylic acids is 1. The number of hydrogen-bond donors (Lipinski definition) is 0. The van der Waals surface area contributed by atoms with Gasteiger partial charge in [0, 0.05) is 24.5 Å². The highest BCUT2D eigenvalue weighted by molar-refractivity contribution is 5.97. The zero-order valence-electron chi connectivity index (χ0n) is 14.5. The highest BCUT2D eigenvalue weighted by atomic mass is 16.2. The number of aryl methyl sites for hydroxylation is 2. The molecule has 1 aromatic carbocycles. The van der Waals surface area contributed by atoms with Crippen molar-refractivity contribution < 1.29 is 4.79 Å². The van der Waals surface area contributed by atoms with Crippen LogP contribution in [0.2, 0.25) is 0 Å². The number of likely N-dealkylation sites (tertiary alicyclic amines) is 1. The van der Waals surface area contributed by atoms with E-state index < -0.39 is 0 Å². The molecule has 1 saturated heterocycles. The molecular weight excluding hydrogens is 314 g/mol. The second-order valence-electron chi connectivity index (χ2n) is 6.62. The van der Waals surface area contributed by atoms with Gasteiger partial charge in [-0.2, -0.15) is 5.10 Å². The molecule has 25 heavy (non-hydrogen) atoms. The molecule has 0 aliphatic carbocycles. The molecule has 0 saturated carbocycles. The summed E-state index contributed by atoms with van der Waals surface area (Å²) < 4.78 is 1.90. The molecule has 0 spiro atoms. The van der Waals surface area contributed by atoms with E-state index in [0.29, 0.717) is 5.56 Å². The number of nitrogens with zero attached hydrogens (tertiary/aromatic N) is 5. The van der Waals surface area contributed by atoms with Crippen molar-refractivity contribution >= 4 is 16.9 Å². The van der Waals surface area contributed by atoms with Gasteiger partial charge in [-0.15, -0.1) is 0 Å². The lowest BCUT2D eigenvalue weighted by atomic mass is 10.1. The Kier molecular flexibility index (Phi) is 3.95. The zero-order valence-corrected chi connectivity index (χ0v) is 14.5. The van der Waals surface area contributed by atoms with Gasteiger partial charge in [-0.05, 0) is 51.0 Å². The highest BCUT2D eigenvalue weighted by Gasteiger charge is 2.30. The first-order valence-electron chi connectivity index (χ1n) is 8.65. The van der Waals surface area contributed by atoms with Crippen LogP contribution in [0.25, 0.3) is 11.0 Å². The number of benzene rings is 1. The van der Waals surface area contributed by atoms with Crippen molar-refractivity contribution in [3.63, 3.8) is 0 Å². The molecule has 6 heteroatoms. The van der Waals surface area contributed by atoms with E-state index in [4.69, 9.17) is 0 Å². The van der Waals surface area contributed by atoms with Gasteiger partial charge in [0.15, 0.2) is 0 Å². The molecule has 6 nitrogen and oxygen atoms in total. The van der Waals surface area contributed by atoms with Gasteiger partial charge < -0.3 is 4.90 Å². The molecule has 1 fully saturated rings. The summed E-state index contributed by atoms with van der Waals surface area (Å²) in [5.74, 6) is 0.0663. The first-order chi connectivity index (χ1) is 12.1. The Morgan fingerprint density at radius 3 is 2.76 bits per heavy atom. The van der Waals surface area contributed by atoms with Crippen molar-refractivity contribution in [3.8, 4) is 0 Å². The van der Waals surface area contributed by atoms with E-state index in [1.165, 1.54) is 0 Å². The molecule has 0 N–H and O–H groups in total. The van der Waals surface area contributed by atoms with Gasteiger partial charge in [-0.25, -0.2) is 9.97 Å². The molecule has 0 unspecified atom stereocenters. The minimum absolute atomic E-state index is 0.0663. The predicted molar refractivity (Wildman–Crippen MR) is 95.3 cm³/mol. The standard InChI is InChI=1S/C19H21N5O/c1-13-14(2)22-18-11-15(6-7-17(18)21-13)19(25)24-10-3-5-16(24)12-23-9-4-8-20-23/h4,6-9,11,16H,3,5,10,12H2,1-2H3/t16-/m0/s1. The van der Waals surface area contributed by atoms with Crippen LogP contribution in [0.15, 0.2) is 36.7 Å². The van der Waals surface area contributed by atoms with Gasteiger partial charge in [-0.3, -0.25) is 9.48 Å². The van der Waals surface area contributed by atoms with Crippen LogP contribution in [0.5, 0.6) is 0 Å². The maximum Gasteiger partial charge on any atom is 0.254 e. The van der Waals surface area contributed by atoms with E-state index in [9.17, 15) is 4.79 Å². The van der Waals surface area contributed by atoms with Crippen LogP contribution in [-0.2, 0) is 6.54 Å². The van der Waals surface area contributed by atoms with E-state index in [1.54, 1.807) is 6.20 Å². The fourth-order valence-corrected chi connectivity index (χ4v) is 3.45. The summed E-state index contributed by atoms with van der Waals surface area (Å²) in [7, 11) is 0. The molecule has 1 aliphatic heterocycles. The van der Waals surface area contributed by atoms with Crippen LogP contribution in [-0.4, -0.2) is 43.1 Å². The number of hydrogen-bond acceptors (Lipinski definition) is 4. The minimum atomic E-state index is 0.0663. The Balaban J connectivity index is 1.61. The quantitative estimate of drug-likeness (QED) is 0.738. The maximum absolute atomic E-state index is 13.0. The van der Waals surface area contributed by atoms with Gasteiger partial charge in [0.2, 0.25) is 0 Å². The normalized spacial score (nSPS) is 17.4. The second kappa shape index (κ2) is 6.27. The first-order valence-corrected chi connectivity index (χ1v) is 8.65. The minimum Gasteiger partial charge on any atom is -0.334 e. The number of carbonyl (C=O) groups is 1. The Morgan fingerprint density at radius 2 is 2.00 bits per heavy atom. The lowest BCUT2D eigenvalue weighted by Gasteiger charge is -2.25. The smallest absolute Gasteiger partial charge is 0.254 e. The third kappa shape index (κ3) is 2.99. The highest BCUT2D eigenvalue weighted by Crippen LogP contribution is 2.23. The number of aromatic nitrogens is 4. The van der Waals surface area contributed by atoms with Crippen LogP contribution in [0.1, 0.15) is 34.6 Å². The van der Waals surface area contributed by atoms with E-state index in [1.807, 2.05) is 53.9 Å². The fraction of sp³-hybridized carbons (Fsp3) is 0.368. The van der Waals surface area contributed by atoms with Crippen molar-refractivity contribution in [1.29, 1.82) is 0 Å². The summed E-state index contributed by atoms with van der Waals surface area (Å²) in [6.07, 6.45) is 5.76. The molecule has 1 amide bonds.